The van der Waals surface area contributed by atoms with Gasteiger partial charge < -0.3 is 9.80 Å². The van der Waals surface area contributed by atoms with Crippen molar-refractivity contribution in [1.29, 1.82) is 0 Å². The molecular weight excluding hydrogens is 598 g/mol. The third-order valence-corrected chi connectivity index (χ3v) is 10.1. The first-order valence-electron chi connectivity index (χ1n) is 17.0. The van der Waals surface area contributed by atoms with Gasteiger partial charge >= 0.3 is 11.7 Å². The summed E-state index contributed by atoms with van der Waals surface area (Å²) in [6, 6.07) is 10.5. The molecule has 0 bridgehead atoms. The Kier molecular flexibility index (Phi) is 9.92. The Labute approximate surface area is 274 Å². The summed E-state index contributed by atoms with van der Waals surface area (Å²) >= 11 is 0. The van der Waals surface area contributed by atoms with Crippen molar-refractivity contribution in [2.24, 2.45) is 0 Å². The molecule has 0 saturated carbocycles. The van der Waals surface area contributed by atoms with Gasteiger partial charge in [-0.15, -0.1) is 0 Å². The summed E-state index contributed by atoms with van der Waals surface area (Å²) in [5.41, 5.74) is 5.74. The normalized spacial score (nSPS) is 20.7. The SMILES string of the molecule is O=[N+]=C1CCC(N2Cc3c(CCCCCCCCCCc4cccc5c4CN(C4CCC(=O)NC4=O)C5=O)cccc3C2=O)C(=O)N1. The number of nitrogens with zero attached hydrogens (tertiary/aromatic N) is 3. The molecule has 4 aliphatic heterocycles. The average Bonchev–Trinajstić information content (AvgIpc) is 3.59. The van der Waals surface area contributed by atoms with Gasteiger partial charge in [0.25, 0.3) is 11.8 Å². The largest absolute Gasteiger partial charge is 0.409 e. The van der Waals surface area contributed by atoms with Crippen LogP contribution >= 0.6 is 0 Å². The van der Waals surface area contributed by atoms with E-state index < -0.39 is 12.1 Å². The van der Waals surface area contributed by atoms with Crippen LogP contribution in [-0.4, -0.2) is 57.3 Å². The average molecular weight is 641 g/mol. The fraction of sp³-hybridized carbons (Fsp3) is 0.500. The summed E-state index contributed by atoms with van der Waals surface area (Å²) in [7, 11) is 0. The van der Waals surface area contributed by atoms with Crippen molar-refractivity contribution in [3.05, 3.63) is 74.7 Å². The highest BCUT2D eigenvalue weighted by molar-refractivity contribution is 6.07. The summed E-state index contributed by atoms with van der Waals surface area (Å²) in [5.74, 6) is -1.11. The molecule has 246 valence electrons. The number of carbonyl (C=O) groups is 5. The van der Waals surface area contributed by atoms with Crippen molar-refractivity contribution in [1.82, 2.24) is 25.3 Å². The van der Waals surface area contributed by atoms with Gasteiger partial charge in [0.1, 0.15) is 12.1 Å². The lowest BCUT2D eigenvalue weighted by atomic mass is 9.97. The number of hydrogen-bond acceptors (Lipinski definition) is 6. The molecule has 6 rings (SSSR count). The zero-order chi connectivity index (χ0) is 32.9. The predicted molar refractivity (Wildman–Crippen MR) is 175 cm³/mol. The topological polar surface area (TPSA) is 147 Å². The second-order valence-corrected chi connectivity index (χ2v) is 13.1. The van der Waals surface area contributed by atoms with Crippen LogP contribution < -0.4 is 15.5 Å². The monoisotopic (exact) mass is 640 g/mol. The maximum absolute atomic E-state index is 13.1. The number of imide groups is 1. The number of nitroso groups, excluding NO2 is 1. The van der Waals surface area contributed by atoms with Crippen LogP contribution in [-0.2, 0) is 40.3 Å². The molecule has 2 atom stereocenters. The van der Waals surface area contributed by atoms with Crippen molar-refractivity contribution in [3.8, 4) is 0 Å². The van der Waals surface area contributed by atoms with Gasteiger partial charge in [-0.3, -0.25) is 24.5 Å². The number of carbonyl (C=O) groups excluding carboxylic acids is 5. The van der Waals surface area contributed by atoms with Gasteiger partial charge in [-0.2, -0.15) is 5.32 Å². The number of hydrogen-bond donors (Lipinski definition) is 2. The van der Waals surface area contributed by atoms with Gasteiger partial charge in [-0.25, -0.2) is 4.79 Å². The fourth-order valence-corrected chi connectivity index (χ4v) is 7.54. The molecule has 4 aliphatic rings. The molecule has 5 amide bonds. The Bertz CT molecular complexity index is 1650. The number of aryl methyl sites for hydroxylation is 2. The molecule has 0 aromatic heterocycles. The number of amides is 5. The maximum atomic E-state index is 13.1. The van der Waals surface area contributed by atoms with Gasteiger partial charge in [0.2, 0.25) is 11.8 Å². The van der Waals surface area contributed by atoms with Gasteiger partial charge in [0.15, 0.2) is 0 Å². The third-order valence-electron chi connectivity index (χ3n) is 10.1. The smallest absolute Gasteiger partial charge is 0.322 e. The van der Waals surface area contributed by atoms with Crippen molar-refractivity contribution in [3.63, 3.8) is 0 Å². The second-order valence-electron chi connectivity index (χ2n) is 13.1. The number of rotatable bonds is 13. The van der Waals surface area contributed by atoms with E-state index in [-0.39, 0.29) is 41.8 Å². The maximum Gasteiger partial charge on any atom is 0.409 e. The summed E-state index contributed by atoms with van der Waals surface area (Å²) in [5, 5.41) is 4.90. The molecular formula is C36H42N5O6+. The molecule has 2 fully saturated rings. The second kappa shape index (κ2) is 14.4. The first-order valence-corrected chi connectivity index (χ1v) is 17.0. The first kappa shape index (κ1) is 32.3. The van der Waals surface area contributed by atoms with Crippen molar-refractivity contribution >= 4 is 35.4 Å². The third kappa shape index (κ3) is 6.90. The summed E-state index contributed by atoms with van der Waals surface area (Å²) in [4.78, 5) is 79.5. The van der Waals surface area contributed by atoms with E-state index in [1.807, 2.05) is 24.3 Å². The lowest BCUT2D eigenvalue weighted by molar-refractivity contribution is -0.137. The Morgan fingerprint density at radius 3 is 1.55 bits per heavy atom. The zero-order valence-electron chi connectivity index (χ0n) is 26.7. The van der Waals surface area contributed by atoms with E-state index in [4.69, 9.17) is 0 Å². The standard InChI is InChI=1S/C36H41N5O6/c42-32-20-18-30(34(44)38-32)41-22-28-24(14-10-16-26(28)36(41)46)12-8-6-4-2-1-3-5-7-11-23-13-9-15-25-27(23)21-40(35(25)45)29-17-19-31(39-47)37-33(29)43/h9-10,13-16,29-30H,1-8,11-12,17-22H2,(H,38,42,44)/p+1. The lowest BCUT2D eigenvalue weighted by Crippen LogP contribution is -2.53. The van der Waals surface area contributed by atoms with Gasteiger partial charge in [-0.1, -0.05) is 62.8 Å². The molecule has 0 aliphatic carbocycles. The number of amidine groups is 1. The van der Waals surface area contributed by atoms with E-state index >= 15 is 0 Å². The van der Waals surface area contributed by atoms with Crippen molar-refractivity contribution < 1.29 is 24.0 Å². The number of nitrogens with one attached hydrogen (secondary N) is 2. The molecule has 2 N–H and O–H groups in total. The summed E-state index contributed by atoms with van der Waals surface area (Å²) < 4.78 is 0. The van der Waals surface area contributed by atoms with Crippen LogP contribution in [0.3, 0.4) is 0 Å². The fourth-order valence-electron chi connectivity index (χ4n) is 7.54. The van der Waals surface area contributed by atoms with Crippen LogP contribution in [0.2, 0.25) is 0 Å². The van der Waals surface area contributed by atoms with Crippen LogP contribution in [0, 0.1) is 4.91 Å². The van der Waals surface area contributed by atoms with Crippen molar-refractivity contribution in [2.75, 3.05) is 0 Å². The highest BCUT2D eigenvalue weighted by Crippen LogP contribution is 2.32. The van der Waals surface area contributed by atoms with E-state index in [2.05, 4.69) is 27.6 Å². The molecule has 2 aromatic carbocycles. The zero-order valence-corrected chi connectivity index (χ0v) is 26.7. The Balaban J connectivity index is 0.883. The molecule has 2 aromatic rings. The molecule has 2 unspecified atom stereocenters. The minimum atomic E-state index is -0.587. The summed E-state index contributed by atoms with van der Waals surface area (Å²) in [6.07, 6.45) is 12.2. The van der Waals surface area contributed by atoms with Crippen LogP contribution in [0.4, 0.5) is 0 Å². The van der Waals surface area contributed by atoms with Gasteiger partial charge in [-0.05, 0) is 72.9 Å². The van der Waals surface area contributed by atoms with Gasteiger partial charge in [0, 0.05) is 35.5 Å². The van der Waals surface area contributed by atoms with Crippen molar-refractivity contribution in [2.45, 2.75) is 115 Å². The minimum Gasteiger partial charge on any atom is -0.322 e. The van der Waals surface area contributed by atoms with E-state index in [9.17, 15) is 28.9 Å². The molecule has 2 saturated heterocycles. The van der Waals surface area contributed by atoms with Crippen LogP contribution in [0.1, 0.15) is 120 Å². The summed E-state index contributed by atoms with van der Waals surface area (Å²) in [6.45, 7) is 0.848. The Morgan fingerprint density at radius 2 is 1.09 bits per heavy atom. The van der Waals surface area contributed by atoms with E-state index in [0.29, 0.717) is 43.5 Å². The quantitative estimate of drug-likeness (QED) is 0.193. The molecule has 0 radical (unpaired) electrons. The predicted octanol–water partition coefficient (Wildman–Crippen LogP) is 3.82. The molecule has 47 heavy (non-hydrogen) atoms. The van der Waals surface area contributed by atoms with E-state index in [1.54, 1.807) is 9.80 Å². The van der Waals surface area contributed by atoms with Gasteiger partial charge in [0.05, 0.1) is 11.3 Å². The number of benzene rings is 2. The highest BCUT2D eigenvalue weighted by Gasteiger charge is 2.43. The highest BCUT2D eigenvalue weighted by atomic mass is 16.2. The molecule has 11 nitrogen and oxygen atoms in total. The van der Waals surface area contributed by atoms with Crippen LogP contribution in [0.25, 0.3) is 0 Å². The Hall–Kier alpha value is -4.63. The minimum absolute atomic E-state index is 0.121. The molecule has 0 spiro atoms. The first-order chi connectivity index (χ1) is 22.9. The Morgan fingerprint density at radius 1 is 0.617 bits per heavy atom. The number of fused-ring (bicyclic) bond motifs is 2. The number of piperidine rings is 2. The van der Waals surface area contributed by atoms with E-state index in [0.717, 1.165) is 62.5 Å². The van der Waals surface area contributed by atoms with Crippen LogP contribution in [0.5, 0.6) is 0 Å². The number of unbranched alkanes of at least 4 members (excludes halogenated alkanes) is 7. The molecule has 4 heterocycles. The molecule has 11 heteroatoms. The lowest BCUT2D eigenvalue weighted by Gasteiger charge is -2.29. The van der Waals surface area contributed by atoms with E-state index in [1.165, 1.54) is 24.0 Å². The van der Waals surface area contributed by atoms with Crippen LogP contribution in [0.15, 0.2) is 36.4 Å².